The van der Waals surface area contributed by atoms with E-state index in [0.29, 0.717) is 27.6 Å². The summed E-state index contributed by atoms with van der Waals surface area (Å²) < 4.78 is 5.31. The van der Waals surface area contributed by atoms with E-state index in [1.165, 1.54) is 24.9 Å². The van der Waals surface area contributed by atoms with Crippen molar-refractivity contribution in [2.75, 3.05) is 23.5 Å². The number of para-hydroxylation sites is 2. The van der Waals surface area contributed by atoms with Gasteiger partial charge in [-0.25, -0.2) is 0 Å². The van der Waals surface area contributed by atoms with Crippen LogP contribution in [0.5, 0.6) is 11.5 Å². The fraction of sp³-hybridized carbons (Fsp3) is 0.194. The maximum absolute atomic E-state index is 13.6. The van der Waals surface area contributed by atoms with Crippen LogP contribution in [0, 0.1) is 11.3 Å². The van der Waals surface area contributed by atoms with Crippen molar-refractivity contribution in [1.82, 2.24) is 5.32 Å². The van der Waals surface area contributed by atoms with Gasteiger partial charge in [-0.3, -0.25) is 9.59 Å². The number of carbonyl (C=O) groups excluding carboxylic acids is 2. The summed E-state index contributed by atoms with van der Waals surface area (Å²) in [6.07, 6.45) is 0.782. The van der Waals surface area contributed by atoms with E-state index in [4.69, 9.17) is 4.74 Å². The molecule has 1 atom stereocenters. The van der Waals surface area contributed by atoms with E-state index in [9.17, 15) is 20.0 Å². The van der Waals surface area contributed by atoms with E-state index in [1.807, 2.05) is 49.4 Å². The Bertz CT molecular complexity index is 1530. The summed E-state index contributed by atoms with van der Waals surface area (Å²) >= 11 is 1.19. The van der Waals surface area contributed by atoms with Crippen LogP contribution in [0.1, 0.15) is 30.9 Å². The van der Waals surface area contributed by atoms with Gasteiger partial charge in [0.05, 0.1) is 35.5 Å². The molecule has 1 heterocycles. The highest BCUT2D eigenvalue weighted by Gasteiger charge is 2.35. The van der Waals surface area contributed by atoms with Gasteiger partial charge >= 0.3 is 0 Å². The number of aryl methyl sites for hydroxylation is 1. The van der Waals surface area contributed by atoms with Gasteiger partial charge in [-0.1, -0.05) is 61.2 Å². The average Bonchev–Trinajstić information content (AvgIpc) is 2.96. The molecule has 8 nitrogen and oxygen atoms in total. The fourth-order valence-electron chi connectivity index (χ4n) is 4.53. The molecular weight excluding hydrogens is 524 g/mol. The first-order chi connectivity index (χ1) is 19.4. The molecule has 204 valence electrons. The zero-order valence-corrected chi connectivity index (χ0v) is 23.3. The topological polar surface area (TPSA) is 123 Å². The molecule has 0 aromatic heterocycles. The van der Waals surface area contributed by atoms with Crippen molar-refractivity contribution in [2.24, 2.45) is 0 Å². The third-order valence-electron chi connectivity index (χ3n) is 6.48. The first-order valence-corrected chi connectivity index (χ1v) is 13.7. The Morgan fingerprint density at radius 3 is 2.50 bits per heavy atom. The van der Waals surface area contributed by atoms with Crippen LogP contribution in [0.4, 0.5) is 11.4 Å². The number of ether oxygens (including phenoxy) is 1. The zero-order valence-electron chi connectivity index (χ0n) is 22.4. The standard InChI is InChI=1S/C31H30N4O4S/c1-4-20-10-8-9-13-24(20)35-27(37)18-40-31-23(17-32)29(21-14-15-25(36)26(16-21)39-3)28(19(2)33-31)30(38)34-22-11-6-5-7-12-22/h5-16,29,33,36H,4,18H2,1-3H3,(H,34,38)(H,35,37). The van der Waals surface area contributed by atoms with Crippen molar-refractivity contribution in [3.63, 3.8) is 0 Å². The Balaban J connectivity index is 1.67. The number of allylic oxidation sites excluding steroid dienone is 2. The number of aromatic hydroxyl groups is 1. The van der Waals surface area contributed by atoms with Crippen LogP contribution in [-0.4, -0.2) is 29.8 Å². The molecular formula is C31H30N4O4S. The molecule has 1 aliphatic heterocycles. The Kier molecular flexibility index (Phi) is 9.15. The van der Waals surface area contributed by atoms with Gasteiger partial charge in [0, 0.05) is 22.6 Å². The number of nitriles is 1. The number of dihydropyridines is 1. The number of phenols is 1. The molecule has 4 N–H and O–H groups in total. The van der Waals surface area contributed by atoms with Crippen molar-refractivity contribution in [3.05, 3.63) is 106 Å². The molecule has 0 bridgehead atoms. The quantitative estimate of drug-likeness (QED) is 0.269. The summed E-state index contributed by atoms with van der Waals surface area (Å²) in [5, 5.41) is 30.0. The van der Waals surface area contributed by atoms with Gasteiger partial charge < -0.3 is 25.8 Å². The Morgan fingerprint density at radius 2 is 1.80 bits per heavy atom. The Morgan fingerprint density at radius 1 is 1.07 bits per heavy atom. The number of phenolic OH excluding ortho intramolecular Hbond substituents is 1. The van der Waals surface area contributed by atoms with E-state index in [2.05, 4.69) is 22.0 Å². The van der Waals surface area contributed by atoms with Gasteiger partial charge in [0.1, 0.15) is 0 Å². The highest BCUT2D eigenvalue weighted by atomic mass is 32.2. The highest BCUT2D eigenvalue weighted by Crippen LogP contribution is 2.43. The predicted octanol–water partition coefficient (Wildman–Crippen LogP) is 5.67. The molecule has 0 radical (unpaired) electrons. The van der Waals surface area contributed by atoms with Crippen molar-refractivity contribution in [3.8, 4) is 17.6 Å². The number of carbonyl (C=O) groups is 2. The maximum Gasteiger partial charge on any atom is 0.254 e. The third kappa shape index (κ3) is 6.30. The molecule has 4 rings (SSSR count). The molecule has 0 fully saturated rings. The summed E-state index contributed by atoms with van der Waals surface area (Å²) in [7, 11) is 1.43. The molecule has 0 saturated heterocycles. The van der Waals surface area contributed by atoms with Crippen LogP contribution in [0.25, 0.3) is 0 Å². The number of nitrogens with zero attached hydrogens (tertiary/aromatic N) is 1. The molecule has 3 aromatic carbocycles. The normalized spacial score (nSPS) is 14.7. The van der Waals surface area contributed by atoms with E-state index >= 15 is 0 Å². The van der Waals surface area contributed by atoms with Crippen LogP contribution in [0.15, 0.2) is 94.7 Å². The average molecular weight is 555 g/mol. The second-order valence-corrected chi connectivity index (χ2v) is 10.0. The minimum atomic E-state index is -0.768. The number of nitrogens with one attached hydrogen (secondary N) is 3. The monoisotopic (exact) mass is 554 g/mol. The fourth-order valence-corrected chi connectivity index (χ4v) is 5.42. The molecule has 0 aliphatic carbocycles. The molecule has 2 amide bonds. The van der Waals surface area contributed by atoms with Crippen molar-refractivity contribution >= 4 is 35.0 Å². The molecule has 9 heteroatoms. The first kappa shape index (κ1) is 28.3. The highest BCUT2D eigenvalue weighted by molar-refractivity contribution is 8.03. The number of thioether (sulfide) groups is 1. The van der Waals surface area contributed by atoms with E-state index in [0.717, 1.165) is 17.7 Å². The molecule has 40 heavy (non-hydrogen) atoms. The number of hydrogen-bond acceptors (Lipinski definition) is 7. The molecule has 3 aromatic rings. The van der Waals surface area contributed by atoms with Crippen LogP contribution in [-0.2, 0) is 16.0 Å². The maximum atomic E-state index is 13.6. The zero-order chi connectivity index (χ0) is 28.6. The second kappa shape index (κ2) is 12.9. The number of methoxy groups -OCH3 is 1. The van der Waals surface area contributed by atoms with E-state index in [-0.39, 0.29) is 34.6 Å². The smallest absolute Gasteiger partial charge is 0.254 e. The summed E-state index contributed by atoms with van der Waals surface area (Å²) in [6, 6.07) is 23.7. The second-order valence-electron chi connectivity index (χ2n) is 9.05. The number of hydrogen-bond donors (Lipinski definition) is 4. The first-order valence-electron chi connectivity index (χ1n) is 12.7. The van der Waals surface area contributed by atoms with Gasteiger partial charge in [0.15, 0.2) is 11.5 Å². The van der Waals surface area contributed by atoms with E-state index < -0.39 is 5.92 Å². The summed E-state index contributed by atoms with van der Waals surface area (Å²) in [6.45, 7) is 3.78. The minimum Gasteiger partial charge on any atom is -0.504 e. The van der Waals surface area contributed by atoms with Crippen LogP contribution in [0.2, 0.25) is 0 Å². The SMILES string of the molecule is CCc1ccccc1NC(=O)CSC1=C(C#N)C(c2ccc(O)c(OC)c2)C(C(=O)Nc2ccccc2)=C(C)N1. The van der Waals surface area contributed by atoms with Gasteiger partial charge in [-0.2, -0.15) is 5.26 Å². The largest absolute Gasteiger partial charge is 0.504 e. The van der Waals surface area contributed by atoms with Crippen LogP contribution in [0.3, 0.4) is 0 Å². The van der Waals surface area contributed by atoms with Crippen LogP contribution >= 0.6 is 11.8 Å². The van der Waals surface area contributed by atoms with Crippen molar-refractivity contribution < 1.29 is 19.4 Å². The number of benzene rings is 3. The predicted molar refractivity (Wildman–Crippen MR) is 158 cm³/mol. The van der Waals surface area contributed by atoms with Gasteiger partial charge in [0.2, 0.25) is 5.91 Å². The number of rotatable bonds is 9. The van der Waals surface area contributed by atoms with Crippen molar-refractivity contribution in [2.45, 2.75) is 26.2 Å². The molecule has 1 aliphatic rings. The molecule has 0 spiro atoms. The minimum absolute atomic E-state index is 0.0516. The molecule has 0 saturated carbocycles. The summed E-state index contributed by atoms with van der Waals surface area (Å²) in [4.78, 5) is 26.5. The van der Waals surface area contributed by atoms with E-state index in [1.54, 1.807) is 31.2 Å². The number of amides is 2. The van der Waals surface area contributed by atoms with Gasteiger partial charge in [-0.15, -0.1) is 0 Å². The van der Waals surface area contributed by atoms with Crippen LogP contribution < -0.4 is 20.7 Å². The lowest BCUT2D eigenvalue weighted by atomic mass is 9.82. The molecule has 1 unspecified atom stereocenters. The summed E-state index contributed by atoms with van der Waals surface area (Å²) in [5.74, 6) is -1.14. The summed E-state index contributed by atoms with van der Waals surface area (Å²) in [5.41, 5.74) is 4.16. The van der Waals surface area contributed by atoms with Gasteiger partial charge in [0.25, 0.3) is 5.91 Å². The van der Waals surface area contributed by atoms with Crippen molar-refractivity contribution in [1.29, 1.82) is 5.26 Å². The third-order valence-corrected chi connectivity index (χ3v) is 7.50. The lowest BCUT2D eigenvalue weighted by molar-refractivity contribution is -0.114. The van der Waals surface area contributed by atoms with Gasteiger partial charge in [-0.05, 0) is 54.8 Å². The lowest BCUT2D eigenvalue weighted by Gasteiger charge is -2.30. The Hall–Kier alpha value is -4.68. The Labute approximate surface area is 237 Å². The lowest BCUT2D eigenvalue weighted by Crippen LogP contribution is -2.31. The number of anilines is 2.